The van der Waals surface area contributed by atoms with Gasteiger partial charge in [-0.2, -0.15) is 0 Å². The minimum atomic E-state index is -0.164. The molecule has 0 radical (unpaired) electrons. The molecule has 0 saturated carbocycles. The fourth-order valence-corrected chi connectivity index (χ4v) is 3.45. The molecule has 1 atom stereocenters. The van der Waals surface area contributed by atoms with Crippen LogP contribution in [0.25, 0.3) is 11.3 Å². The van der Waals surface area contributed by atoms with Crippen LogP contribution < -0.4 is 11.1 Å². The number of nitrogen functional groups attached to an aromatic ring is 1. The van der Waals surface area contributed by atoms with Crippen molar-refractivity contribution in [1.29, 1.82) is 0 Å². The maximum atomic E-state index is 12.8. The van der Waals surface area contributed by atoms with Gasteiger partial charge in [0.05, 0.1) is 17.9 Å². The molecule has 0 aliphatic carbocycles. The maximum Gasteiger partial charge on any atom is 0.255 e. The van der Waals surface area contributed by atoms with E-state index < -0.39 is 0 Å². The van der Waals surface area contributed by atoms with Crippen molar-refractivity contribution in [1.82, 2.24) is 20.2 Å². The highest BCUT2D eigenvalue weighted by Crippen LogP contribution is 2.22. The molecule has 1 aliphatic heterocycles. The van der Waals surface area contributed by atoms with Crippen molar-refractivity contribution in [3.63, 3.8) is 0 Å². The van der Waals surface area contributed by atoms with Crippen LogP contribution in [0.3, 0.4) is 0 Å². The minimum absolute atomic E-state index is 0.159. The number of piperidine rings is 1. The van der Waals surface area contributed by atoms with E-state index in [9.17, 15) is 4.79 Å². The normalized spacial score (nSPS) is 17.6. The quantitative estimate of drug-likeness (QED) is 0.773. The Morgan fingerprint density at radius 2 is 2.19 bits per heavy atom. The highest BCUT2D eigenvalue weighted by Gasteiger charge is 2.21. The summed E-state index contributed by atoms with van der Waals surface area (Å²) in [5.41, 5.74) is 7.60. The van der Waals surface area contributed by atoms with Gasteiger partial charge < -0.3 is 20.7 Å². The number of hydrogen-bond donors (Lipinski definition) is 2. The number of ether oxygens (including phenoxy) is 1. The van der Waals surface area contributed by atoms with E-state index in [4.69, 9.17) is 10.5 Å². The number of methoxy groups -OCH3 is 1. The van der Waals surface area contributed by atoms with Crippen molar-refractivity contribution in [2.75, 3.05) is 45.6 Å². The van der Waals surface area contributed by atoms with Gasteiger partial charge in [0, 0.05) is 38.5 Å². The molecule has 0 spiro atoms. The Morgan fingerprint density at radius 3 is 2.96 bits per heavy atom. The zero-order valence-corrected chi connectivity index (χ0v) is 15.7. The molecule has 7 heteroatoms. The first-order valence-corrected chi connectivity index (χ1v) is 9.35. The SMILES string of the molecule is COCCN1CCC[C@@H](CNC(=O)c2cnc(N)nc2-c2ccccc2)C1. The molecular formula is C20H27N5O2. The number of nitrogens with one attached hydrogen (secondary N) is 1. The molecule has 1 aromatic carbocycles. The molecular weight excluding hydrogens is 342 g/mol. The molecule has 2 aromatic rings. The smallest absolute Gasteiger partial charge is 0.255 e. The molecule has 1 fully saturated rings. The van der Waals surface area contributed by atoms with Crippen LogP contribution in [-0.2, 0) is 4.74 Å². The van der Waals surface area contributed by atoms with Crippen LogP contribution in [0.1, 0.15) is 23.2 Å². The molecule has 1 saturated heterocycles. The van der Waals surface area contributed by atoms with Crippen molar-refractivity contribution in [2.24, 2.45) is 5.92 Å². The van der Waals surface area contributed by atoms with E-state index in [1.54, 1.807) is 7.11 Å². The molecule has 144 valence electrons. The lowest BCUT2D eigenvalue weighted by Gasteiger charge is -2.32. The first kappa shape index (κ1) is 19.3. The Hall–Kier alpha value is -2.51. The molecule has 7 nitrogen and oxygen atoms in total. The maximum absolute atomic E-state index is 12.8. The fourth-order valence-electron chi connectivity index (χ4n) is 3.45. The lowest BCUT2D eigenvalue weighted by atomic mass is 9.98. The predicted octanol–water partition coefficient (Wildman–Crippen LogP) is 1.81. The first-order valence-electron chi connectivity index (χ1n) is 9.35. The zero-order valence-electron chi connectivity index (χ0n) is 15.7. The number of amides is 1. The van der Waals surface area contributed by atoms with Gasteiger partial charge in [0.15, 0.2) is 0 Å². The van der Waals surface area contributed by atoms with Crippen molar-refractivity contribution in [2.45, 2.75) is 12.8 Å². The Labute approximate surface area is 159 Å². The largest absolute Gasteiger partial charge is 0.383 e. The molecule has 27 heavy (non-hydrogen) atoms. The van der Waals surface area contributed by atoms with E-state index in [0.717, 1.165) is 44.6 Å². The Morgan fingerprint density at radius 1 is 1.37 bits per heavy atom. The summed E-state index contributed by atoms with van der Waals surface area (Å²) in [7, 11) is 1.72. The number of hydrogen-bond acceptors (Lipinski definition) is 6. The van der Waals surface area contributed by atoms with Crippen LogP contribution in [0.15, 0.2) is 36.5 Å². The number of benzene rings is 1. The fraction of sp³-hybridized carbons (Fsp3) is 0.450. The van der Waals surface area contributed by atoms with E-state index in [1.165, 1.54) is 6.20 Å². The molecule has 0 unspecified atom stereocenters. The predicted molar refractivity (Wildman–Crippen MR) is 105 cm³/mol. The number of aromatic nitrogens is 2. The van der Waals surface area contributed by atoms with Gasteiger partial charge in [0.2, 0.25) is 5.95 Å². The van der Waals surface area contributed by atoms with Crippen molar-refractivity contribution in [3.05, 3.63) is 42.1 Å². The minimum Gasteiger partial charge on any atom is -0.383 e. The van der Waals surface area contributed by atoms with Gasteiger partial charge in [0.25, 0.3) is 5.91 Å². The van der Waals surface area contributed by atoms with Gasteiger partial charge in [-0.3, -0.25) is 4.79 Å². The van der Waals surface area contributed by atoms with Crippen LogP contribution >= 0.6 is 0 Å². The number of rotatable bonds is 7. The first-order chi connectivity index (χ1) is 13.2. The molecule has 1 amide bonds. The molecule has 2 heterocycles. The number of carbonyl (C=O) groups excluding carboxylic acids is 1. The van der Waals surface area contributed by atoms with Crippen LogP contribution in [0.2, 0.25) is 0 Å². The summed E-state index contributed by atoms with van der Waals surface area (Å²) in [6, 6.07) is 9.56. The van der Waals surface area contributed by atoms with Gasteiger partial charge >= 0.3 is 0 Å². The van der Waals surface area contributed by atoms with E-state index in [1.807, 2.05) is 30.3 Å². The molecule has 0 bridgehead atoms. The second kappa shape index (κ2) is 9.43. The summed E-state index contributed by atoms with van der Waals surface area (Å²) in [5.74, 6) is 0.434. The van der Waals surface area contributed by atoms with Gasteiger partial charge in [-0.1, -0.05) is 30.3 Å². The van der Waals surface area contributed by atoms with E-state index in [2.05, 4.69) is 20.2 Å². The second-order valence-corrected chi connectivity index (χ2v) is 6.87. The lowest BCUT2D eigenvalue weighted by Crippen LogP contribution is -2.42. The summed E-state index contributed by atoms with van der Waals surface area (Å²) in [4.78, 5) is 23.5. The van der Waals surface area contributed by atoms with Crippen molar-refractivity contribution >= 4 is 11.9 Å². The van der Waals surface area contributed by atoms with E-state index in [-0.39, 0.29) is 11.9 Å². The van der Waals surface area contributed by atoms with E-state index in [0.29, 0.717) is 23.7 Å². The highest BCUT2D eigenvalue weighted by molar-refractivity contribution is 5.99. The molecule has 3 rings (SSSR count). The third kappa shape index (κ3) is 5.24. The summed E-state index contributed by atoms with van der Waals surface area (Å²) in [6.07, 6.45) is 3.77. The summed E-state index contributed by atoms with van der Waals surface area (Å²) >= 11 is 0. The number of likely N-dealkylation sites (tertiary alicyclic amines) is 1. The summed E-state index contributed by atoms with van der Waals surface area (Å²) in [5, 5.41) is 3.06. The number of carbonyl (C=O) groups is 1. The standard InChI is InChI=1S/C20H27N5O2/c1-27-11-10-25-9-5-6-15(14-25)12-22-19(26)17-13-23-20(21)24-18(17)16-7-3-2-4-8-16/h2-4,7-8,13,15H,5-6,9-12,14H2,1H3,(H,22,26)(H2,21,23,24)/t15-/m0/s1. The Kier molecular flexibility index (Phi) is 6.73. The monoisotopic (exact) mass is 369 g/mol. The van der Waals surface area contributed by atoms with Gasteiger partial charge in [-0.05, 0) is 25.3 Å². The van der Waals surface area contributed by atoms with Crippen LogP contribution in [0.4, 0.5) is 5.95 Å². The van der Waals surface area contributed by atoms with E-state index >= 15 is 0 Å². The van der Waals surface area contributed by atoms with Crippen LogP contribution in [-0.4, -0.2) is 60.7 Å². The number of nitrogens with two attached hydrogens (primary N) is 1. The summed E-state index contributed by atoms with van der Waals surface area (Å²) < 4.78 is 5.17. The third-order valence-electron chi connectivity index (χ3n) is 4.87. The topological polar surface area (TPSA) is 93.4 Å². The van der Waals surface area contributed by atoms with Crippen molar-refractivity contribution in [3.8, 4) is 11.3 Å². The van der Waals surface area contributed by atoms with Gasteiger partial charge in [-0.25, -0.2) is 9.97 Å². The Balaban J connectivity index is 1.65. The summed E-state index contributed by atoms with van der Waals surface area (Å²) in [6.45, 7) is 4.39. The zero-order chi connectivity index (χ0) is 19.1. The van der Waals surface area contributed by atoms with Gasteiger partial charge in [0.1, 0.15) is 0 Å². The second-order valence-electron chi connectivity index (χ2n) is 6.87. The number of nitrogens with zero attached hydrogens (tertiary/aromatic N) is 3. The highest BCUT2D eigenvalue weighted by atomic mass is 16.5. The average molecular weight is 369 g/mol. The van der Waals surface area contributed by atoms with Crippen LogP contribution in [0, 0.1) is 5.92 Å². The Bertz CT molecular complexity index is 753. The molecule has 1 aliphatic rings. The third-order valence-corrected chi connectivity index (χ3v) is 4.87. The van der Waals surface area contributed by atoms with Crippen molar-refractivity contribution < 1.29 is 9.53 Å². The van der Waals surface area contributed by atoms with Crippen LogP contribution in [0.5, 0.6) is 0 Å². The molecule has 1 aromatic heterocycles. The average Bonchev–Trinajstić information content (AvgIpc) is 2.71. The molecule has 3 N–H and O–H groups in total. The lowest BCUT2D eigenvalue weighted by molar-refractivity contribution is 0.0913. The number of anilines is 1. The van der Waals surface area contributed by atoms with Gasteiger partial charge in [-0.15, -0.1) is 0 Å².